The van der Waals surface area contributed by atoms with Gasteiger partial charge in [0.2, 0.25) is 0 Å². The standard InChI is InChI=1S/C17H19NO4/c1-16(2)9-18(10-17(16,3)21)15(20)14-8-12(19)11-6-4-5-7-13(11)22-14/h4-8,21H,9-10H2,1-3H3/t17-/m1/s1. The molecular weight excluding hydrogens is 282 g/mol. The van der Waals surface area contributed by atoms with Gasteiger partial charge in [0.05, 0.1) is 17.5 Å². The molecule has 5 heteroatoms. The lowest BCUT2D eigenvalue weighted by Gasteiger charge is -2.30. The summed E-state index contributed by atoms with van der Waals surface area (Å²) >= 11 is 0. The Balaban J connectivity index is 1.99. The Morgan fingerprint density at radius 1 is 1.23 bits per heavy atom. The van der Waals surface area contributed by atoms with Crippen molar-refractivity contribution in [3.05, 3.63) is 46.3 Å². The van der Waals surface area contributed by atoms with Gasteiger partial charge in [0.25, 0.3) is 5.91 Å². The van der Waals surface area contributed by atoms with Crippen molar-refractivity contribution in [2.24, 2.45) is 5.41 Å². The van der Waals surface area contributed by atoms with Crippen molar-refractivity contribution in [3.63, 3.8) is 0 Å². The third kappa shape index (κ3) is 2.22. The van der Waals surface area contributed by atoms with Gasteiger partial charge in [-0.25, -0.2) is 0 Å². The molecular formula is C17H19NO4. The molecule has 0 unspecified atom stereocenters. The molecule has 22 heavy (non-hydrogen) atoms. The van der Waals surface area contributed by atoms with Crippen molar-refractivity contribution >= 4 is 16.9 Å². The normalized spacial score (nSPS) is 23.9. The van der Waals surface area contributed by atoms with Gasteiger partial charge in [-0.05, 0) is 19.1 Å². The lowest BCUT2D eigenvalue weighted by molar-refractivity contribution is -0.0108. The molecule has 0 radical (unpaired) electrons. The van der Waals surface area contributed by atoms with Crippen LogP contribution in [0.3, 0.4) is 0 Å². The van der Waals surface area contributed by atoms with Crippen molar-refractivity contribution < 1.29 is 14.3 Å². The zero-order valence-corrected chi connectivity index (χ0v) is 12.9. The summed E-state index contributed by atoms with van der Waals surface area (Å²) in [5.74, 6) is -0.356. The van der Waals surface area contributed by atoms with Crippen LogP contribution in [0.5, 0.6) is 0 Å². The fraction of sp³-hybridized carbons (Fsp3) is 0.412. The lowest BCUT2D eigenvalue weighted by atomic mass is 9.79. The molecule has 1 aromatic heterocycles. The van der Waals surface area contributed by atoms with Crippen LogP contribution in [0.15, 0.2) is 39.5 Å². The van der Waals surface area contributed by atoms with Crippen LogP contribution in [0.25, 0.3) is 11.0 Å². The van der Waals surface area contributed by atoms with Gasteiger partial charge in [-0.3, -0.25) is 9.59 Å². The summed E-state index contributed by atoms with van der Waals surface area (Å²) in [6.07, 6.45) is 0. The van der Waals surface area contributed by atoms with Crippen molar-refractivity contribution in [2.75, 3.05) is 13.1 Å². The molecule has 1 atom stereocenters. The number of para-hydroxylation sites is 1. The minimum atomic E-state index is -0.972. The average Bonchev–Trinajstić information content (AvgIpc) is 2.66. The number of nitrogens with zero attached hydrogens (tertiary/aromatic N) is 1. The predicted octanol–water partition coefficient (Wildman–Crippen LogP) is 2.03. The van der Waals surface area contributed by atoms with Gasteiger partial charge in [0.15, 0.2) is 11.2 Å². The maximum Gasteiger partial charge on any atom is 0.289 e. The molecule has 5 nitrogen and oxygen atoms in total. The Bertz CT molecular complexity index is 788. The molecule has 0 aliphatic carbocycles. The van der Waals surface area contributed by atoms with Crippen LogP contribution in [0, 0.1) is 5.41 Å². The Morgan fingerprint density at radius 2 is 1.91 bits per heavy atom. The number of benzene rings is 1. The second-order valence-corrected chi connectivity index (χ2v) is 6.79. The van der Waals surface area contributed by atoms with Crippen molar-refractivity contribution in [1.82, 2.24) is 4.90 Å². The number of likely N-dealkylation sites (tertiary alicyclic amines) is 1. The zero-order chi connectivity index (χ0) is 16.1. The summed E-state index contributed by atoms with van der Waals surface area (Å²) < 4.78 is 5.58. The molecule has 1 saturated heterocycles. The molecule has 0 saturated carbocycles. The molecule has 1 fully saturated rings. The van der Waals surface area contributed by atoms with E-state index in [1.165, 1.54) is 11.0 Å². The molecule has 1 aromatic carbocycles. The smallest absolute Gasteiger partial charge is 0.289 e. The van der Waals surface area contributed by atoms with E-state index in [9.17, 15) is 14.7 Å². The third-order valence-corrected chi connectivity index (χ3v) is 4.68. The minimum Gasteiger partial charge on any atom is -0.451 e. The number of hydrogen-bond acceptors (Lipinski definition) is 4. The van der Waals surface area contributed by atoms with Gasteiger partial charge < -0.3 is 14.4 Å². The number of carbonyl (C=O) groups is 1. The van der Waals surface area contributed by atoms with E-state index in [2.05, 4.69) is 0 Å². The van der Waals surface area contributed by atoms with Crippen molar-refractivity contribution in [2.45, 2.75) is 26.4 Å². The number of hydrogen-bond donors (Lipinski definition) is 1. The molecule has 1 aliphatic rings. The van der Waals surface area contributed by atoms with Crippen molar-refractivity contribution in [1.29, 1.82) is 0 Å². The van der Waals surface area contributed by atoms with Crippen molar-refractivity contribution in [3.8, 4) is 0 Å². The highest BCUT2D eigenvalue weighted by Crippen LogP contribution is 2.38. The molecule has 1 amide bonds. The highest BCUT2D eigenvalue weighted by atomic mass is 16.3. The molecule has 0 spiro atoms. The van der Waals surface area contributed by atoms with Gasteiger partial charge in [-0.15, -0.1) is 0 Å². The van der Waals surface area contributed by atoms with Crippen LogP contribution < -0.4 is 5.43 Å². The number of amides is 1. The Morgan fingerprint density at radius 3 is 2.55 bits per heavy atom. The van der Waals surface area contributed by atoms with E-state index in [1.54, 1.807) is 31.2 Å². The SMILES string of the molecule is CC1(C)CN(C(=O)c2cc(=O)c3ccccc3o2)C[C@@]1(C)O. The first kappa shape index (κ1) is 14.8. The fourth-order valence-electron chi connectivity index (χ4n) is 2.80. The second kappa shape index (κ2) is 4.68. The summed E-state index contributed by atoms with van der Waals surface area (Å²) in [6.45, 7) is 6.18. The van der Waals surface area contributed by atoms with E-state index >= 15 is 0 Å². The monoisotopic (exact) mass is 301 g/mol. The first-order valence-electron chi connectivity index (χ1n) is 7.26. The van der Waals surface area contributed by atoms with Gasteiger partial charge in [0.1, 0.15) is 5.58 Å². The van der Waals surface area contributed by atoms with Crippen LogP contribution >= 0.6 is 0 Å². The van der Waals surface area contributed by atoms with Gasteiger partial charge in [-0.2, -0.15) is 0 Å². The first-order valence-corrected chi connectivity index (χ1v) is 7.26. The number of β-amino-alcohol motifs (C(OH)–C–C–N with tert-alkyl or cyclic N) is 1. The Labute approximate surface area is 128 Å². The molecule has 116 valence electrons. The van der Waals surface area contributed by atoms with Crippen LogP contribution in [-0.2, 0) is 0 Å². The average molecular weight is 301 g/mol. The van der Waals surface area contributed by atoms with Crippen LogP contribution in [0.2, 0.25) is 0 Å². The summed E-state index contributed by atoms with van der Waals surface area (Å²) in [7, 11) is 0. The molecule has 3 rings (SSSR count). The largest absolute Gasteiger partial charge is 0.451 e. The number of fused-ring (bicyclic) bond motifs is 1. The van der Waals surface area contributed by atoms with Gasteiger partial charge in [0, 0.05) is 18.0 Å². The number of carbonyl (C=O) groups excluding carboxylic acids is 1. The lowest BCUT2D eigenvalue weighted by Crippen LogP contribution is -2.40. The first-order chi connectivity index (χ1) is 10.2. The summed E-state index contributed by atoms with van der Waals surface area (Å²) in [5.41, 5.74) is -1.24. The minimum absolute atomic E-state index is 0.0113. The van der Waals surface area contributed by atoms with E-state index in [0.717, 1.165) is 0 Å². The van der Waals surface area contributed by atoms with Crippen LogP contribution in [0.1, 0.15) is 31.3 Å². The van der Waals surface area contributed by atoms with E-state index in [0.29, 0.717) is 17.5 Å². The maximum atomic E-state index is 12.6. The number of rotatable bonds is 1. The quantitative estimate of drug-likeness (QED) is 0.875. The molecule has 0 bridgehead atoms. The molecule has 2 aromatic rings. The zero-order valence-electron chi connectivity index (χ0n) is 12.9. The van der Waals surface area contributed by atoms with Crippen LogP contribution in [-0.4, -0.2) is 34.6 Å². The van der Waals surface area contributed by atoms with E-state index < -0.39 is 11.0 Å². The van der Waals surface area contributed by atoms with E-state index in [-0.39, 0.29) is 23.6 Å². The van der Waals surface area contributed by atoms with E-state index in [1.807, 2.05) is 13.8 Å². The Kier molecular flexibility index (Phi) is 3.14. The summed E-state index contributed by atoms with van der Waals surface area (Å²) in [6, 6.07) is 8.06. The Hall–Kier alpha value is -2.14. The fourth-order valence-corrected chi connectivity index (χ4v) is 2.80. The highest BCUT2D eigenvalue weighted by Gasteiger charge is 2.49. The predicted molar refractivity (Wildman–Crippen MR) is 82.8 cm³/mol. The summed E-state index contributed by atoms with van der Waals surface area (Å²) in [4.78, 5) is 26.2. The summed E-state index contributed by atoms with van der Waals surface area (Å²) in [5, 5.41) is 10.9. The molecule has 1 N–H and O–H groups in total. The molecule has 2 heterocycles. The third-order valence-electron chi connectivity index (χ3n) is 4.68. The highest BCUT2D eigenvalue weighted by molar-refractivity contribution is 5.93. The molecule has 1 aliphatic heterocycles. The maximum absolute atomic E-state index is 12.6. The van der Waals surface area contributed by atoms with E-state index in [4.69, 9.17) is 4.42 Å². The topological polar surface area (TPSA) is 70.8 Å². The number of aliphatic hydroxyl groups is 1. The van der Waals surface area contributed by atoms with Gasteiger partial charge >= 0.3 is 0 Å². The second-order valence-electron chi connectivity index (χ2n) is 6.79. The van der Waals surface area contributed by atoms with Crippen LogP contribution in [0.4, 0.5) is 0 Å². The van der Waals surface area contributed by atoms with Gasteiger partial charge in [-0.1, -0.05) is 26.0 Å².